The minimum atomic E-state index is -3.25. The van der Waals surface area contributed by atoms with Crippen molar-refractivity contribution in [3.63, 3.8) is 0 Å². The zero-order chi connectivity index (χ0) is 34.5. The fourth-order valence-electron chi connectivity index (χ4n) is 5.08. The summed E-state index contributed by atoms with van der Waals surface area (Å²) in [7, 11) is -3.25. The number of hydrogen-bond acceptors (Lipinski definition) is 10. The van der Waals surface area contributed by atoms with Gasteiger partial charge in [0.15, 0.2) is 15.7 Å². The maximum Gasteiger partial charge on any atom is 0.424 e. The molecule has 1 N–H and O–H groups in total. The Bertz CT molecular complexity index is 1970. The van der Waals surface area contributed by atoms with E-state index in [2.05, 4.69) is 20.4 Å². The smallest absolute Gasteiger partial charge is 0.424 e. The number of benzene rings is 1. The minimum Gasteiger partial charge on any atom is -0.443 e. The Labute approximate surface area is 277 Å². The first-order valence-corrected chi connectivity index (χ1v) is 17.0. The first kappa shape index (κ1) is 34.0. The van der Waals surface area contributed by atoms with Crippen molar-refractivity contribution >= 4 is 61.7 Å². The molecule has 4 aromatic rings. The number of carbonyl (C=O) groups excluding carboxylic acids is 2. The van der Waals surface area contributed by atoms with Gasteiger partial charge in [0, 0.05) is 40.7 Å². The van der Waals surface area contributed by atoms with E-state index in [1.165, 1.54) is 23.3 Å². The summed E-state index contributed by atoms with van der Waals surface area (Å²) in [6.07, 6.45) is 3.25. The van der Waals surface area contributed by atoms with Crippen LogP contribution < -0.4 is 10.2 Å². The fraction of sp³-hybridized carbons (Fsp3) is 0.406. The van der Waals surface area contributed by atoms with E-state index in [4.69, 9.17) is 21.1 Å². The molecular weight excluding hydrogens is 651 g/mol. The Balaban J connectivity index is 1.55. The van der Waals surface area contributed by atoms with Gasteiger partial charge >= 0.3 is 12.2 Å². The average Bonchev–Trinajstić information content (AvgIpc) is 3.22. The zero-order valence-electron chi connectivity index (χ0n) is 27.1. The standard InChI is InChI=1S/C32H36ClFN6O6S/c1-18-22(14-35-16-24(18)40(29(41)45-31(2,3)4)30(42)46-32(5,6)7)21-11-19-12-25(36-15-23(19)27(33)28(21)34)37-26-13-20-9-8-10-47(43,44)17-39(20)38-26/h11-16H,8-10,17H2,1-7H3,(H,36,37,38). The van der Waals surface area contributed by atoms with Gasteiger partial charge in [-0.25, -0.2) is 27.4 Å². The van der Waals surface area contributed by atoms with Crippen molar-refractivity contribution in [2.24, 2.45) is 0 Å². The van der Waals surface area contributed by atoms with Gasteiger partial charge in [-0.1, -0.05) is 11.6 Å². The molecule has 47 heavy (non-hydrogen) atoms. The minimum absolute atomic E-state index is 0.0419. The second-order valence-electron chi connectivity index (χ2n) is 13.3. The Morgan fingerprint density at radius 2 is 1.64 bits per heavy atom. The van der Waals surface area contributed by atoms with E-state index in [1.54, 1.807) is 66.7 Å². The second-order valence-corrected chi connectivity index (χ2v) is 15.8. The number of sulfone groups is 1. The summed E-state index contributed by atoms with van der Waals surface area (Å²) in [6, 6.07) is 5.00. The van der Waals surface area contributed by atoms with Crippen LogP contribution in [-0.4, -0.2) is 57.3 Å². The summed E-state index contributed by atoms with van der Waals surface area (Å²) < 4.78 is 52.8. The number of hydrogen-bond donors (Lipinski definition) is 1. The van der Waals surface area contributed by atoms with Gasteiger partial charge in [0.2, 0.25) is 0 Å². The lowest BCUT2D eigenvalue weighted by molar-refractivity contribution is 0.0430. The second kappa shape index (κ2) is 12.4. The average molecular weight is 687 g/mol. The maximum atomic E-state index is 15.9. The van der Waals surface area contributed by atoms with Crippen LogP contribution in [0, 0.1) is 12.7 Å². The molecule has 1 aliphatic rings. The Hall–Kier alpha value is -4.30. The Morgan fingerprint density at radius 3 is 2.28 bits per heavy atom. The Kier molecular flexibility index (Phi) is 8.97. The number of aromatic nitrogens is 4. The molecule has 0 atom stereocenters. The van der Waals surface area contributed by atoms with Crippen LogP contribution in [0.4, 0.5) is 31.3 Å². The van der Waals surface area contributed by atoms with E-state index in [9.17, 15) is 18.0 Å². The quantitative estimate of drug-likeness (QED) is 0.231. The molecule has 0 bridgehead atoms. The summed E-state index contributed by atoms with van der Waals surface area (Å²) in [6.45, 7) is 11.6. The SMILES string of the molecule is Cc1c(-c2cc3cc(Nc4cc5n(n4)CS(=O)(=O)CCC5)ncc3c(Cl)c2F)cncc1N(C(=O)OC(C)(C)C)C(=O)OC(C)(C)C. The summed E-state index contributed by atoms with van der Waals surface area (Å²) in [5.74, 6) is -0.0486. The summed E-state index contributed by atoms with van der Waals surface area (Å²) >= 11 is 6.52. The largest absolute Gasteiger partial charge is 0.443 e. The number of ether oxygens (including phenoxy) is 2. The highest BCUT2D eigenvalue weighted by Gasteiger charge is 2.34. The molecule has 0 radical (unpaired) electrons. The van der Waals surface area contributed by atoms with Gasteiger partial charge in [-0.2, -0.15) is 10.00 Å². The van der Waals surface area contributed by atoms with Crippen LogP contribution in [0.25, 0.3) is 21.9 Å². The lowest BCUT2D eigenvalue weighted by Gasteiger charge is -2.29. The van der Waals surface area contributed by atoms with Crippen molar-refractivity contribution in [2.45, 2.75) is 78.4 Å². The number of aryl methyl sites for hydroxylation is 1. The zero-order valence-corrected chi connectivity index (χ0v) is 28.7. The van der Waals surface area contributed by atoms with E-state index in [0.717, 1.165) is 10.6 Å². The van der Waals surface area contributed by atoms with E-state index >= 15 is 4.39 Å². The highest BCUT2D eigenvalue weighted by molar-refractivity contribution is 7.90. The molecule has 3 aromatic heterocycles. The molecule has 250 valence electrons. The fourth-order valence-corrected chi connectivity index (χ4v) is 6.64. The van der Waals surface area contributed by atoms with E-state index in [-0.39, 0.29) is 33.5 Å². The van der Waals surface area contributed by atoms with Gasteiger partial charge < -0.3 is 14.8 Å². The van der Waals surface area contributed by atoms with E-state index in [1.807, 2.05) is 0 Å². The summed E-state index contributed by atoms with van der Waals surface area (Å²) in [4.78, 5) is 36.0. The van der Waals surface area contributed by atoms with Crippen LogP contribution in [0.2, 0.25) is 5.02 Å². The number of nitrogens with zero attached hydrogens (tertiary/aromatic N) is 5. The molecule has 0 fully saturated rings. The number of halogens is 2. The highest BCUT2D eigenvalue weighted by Crippen LogP contribution is 2.39. The van der Waals surface area contributed by atoms with Crippen molar-refractivity contribution in [3.8, 4) is 11.1 Å². The molecule has 0 saturated carbocycles. The monoisotopic (exact) mass is 686 g/mol. The molecule has 1 aromatic carbocycles. The summed E-state index contributed by atoms with van der Waals surface area (Å²) in [5.41, 5.74) is -0.350. The number of fused-ring (bicyclic) bond motifs is 2. The van der Waals surface area contributed by atoms with Gasteiger partial charge in [-0.3, -0.25) is 9.67 Å². The van der Waals surface area contributed by atoms with Crippen LogP contribution in [0.3, 0.4) is 0 Å². The van der Waals surface area contributed by atoms with Crippen LogP contribution in [0.1, 0.15) is 59.2 Å². The van der Waals surface area contributed by atoms with Crippen LogP contribution >= 0.6 is 11.6 Å². The number of rotatable bonds is 4. The van der Waals surface area contributed by atoms with Gasteiger partial charge in [-0.15, -0.1) is 0 Å². The lowest BCUT2D eigenvalue weighted by Crippen LogP contribution is -2.44. The topological polar surface area (TPSA) is 146 Å². The number of amides is 2. The van der Waals surface area contributed by atoms with Crippen molar-refractivity contribution in [1.29, 1.82) is 0 Å². The van der Waals surface area contributed by atoms with Gasteiger partial charge in [0.1, 0.15) is 28.7 Å². The van der Waals surface area contributed by atoms with Gasteiger partial charge in [0.25, 0.3) is 0 Å². The van der Waals surface area contributed by atoms with Gasteiger partial charge in [-0.05, 0) is 84.4 Å². The van der Waals surface area contributed by atoms with E-state index < -0.39 is 39.0 Å². The predicted octanol–water partition coefficient (Wildman–Crippen LogP) is 7.33. The number of anilines is 3. The molecule has 2 amide bonds. The third kappa shape index (κ3) is 7.65. The first-order chi connectivity index (χ1) is 21.8. The number of carbonyl (C=O) groups is 2. The van der Waals surface area contributed by atoms with E-state index in [0.29, 0.717) is 40.8 Å². The molecule has 0 aliphatic carbocycles. The van der Waals surface area contributed by atoms with Crippen molar-refractivity contribution in [2.75, 3.05) is 16.0 Å². The summed E-state index contributed by atoms with van der Waals surface area (Å²) in [5, 5.41) is 8.18. The molecule has 1 aliphatic heterocycles. The number of nitrogens with one attached hydrogen (secondary N) is 1. The maximum absolute atomic E-state index is 15.9. The molecule has 4 heterocycles. The third-order valence-electron chi connectivity index (χ3n) is 7.10. The lowest BCUT2D eigenvalue weighted by atomic mass is 9.98. The molecule has 12 nitrogen and oxygen atoms in total. The first-order valence-electron chi connectivity index (χ1n) is 14.8. The Morgan fingerprint density at radius 1 is 0.979 bits per heavy atom. The van der Waals surface area contributed by atoms with Crippen LogP contribution in [-0.2, 0) is 31.6 Å². The normalized spacial score (nSPS) is 14.7. The third-order valence-corrected chi connectivity index (χ3v) is 9.02. The highest BCUT2D eigenvalue weighted by atomic mass is 35.5. The van der Waals surface area contributed by atoms with Crippen molar-refractivity contribution < 1.29 is 31.9 Å². The molecule has 5 rings (SSSR count). The van der Waals surface area contributed by atoms with Gasteiger partial charge in [0.05, 0.1) is 22.7 Å². The molecular formula is C32H36ClFN6O6S. The predicted molar refractivity (Wildman–Crippen MR) is 177 cm³/mol. The molecule has 0 spiro atoms. The number of imide groups is 1. The molecule has 15 heteroatoms. The van der Waals surface area contributed by atoms with Crippen molar-refractivity contribution in [3.05, 3.63) is 58.9 Å². The van der Waals surface area contributed by atoms with Crippen LogP contribution in [0.15, 0.2) is 36.8 Å². The molecule has 0 saturated heterocycles. The molecule has 0 unspecified atom stereocenters. The van der Waals surface area contributed by atoms with Crippen LogP contribution in [0.5, 0.6) is 0 Å². The van der Waals surface area contributed by atoms with Crippen molar-refractivity contribution in [1.82, 2.24) is 19.7 Å². The number of pyridine rings is 2.